The lowest BCUT2D eigenvalue weighted by molar-refractivity contribution is -0.197. The second kappa shape index (κ2) is 32.1. The molecule has 396 valence electrons. The summed E-state index contributed by atoms with van der Waals surface area (Å²) in [7, 11) is 0. The molecule has 4 heterocycles. The van der Waals surface area contributed by atoms with Gasteiger partial charge in [-0.15, -0.1) is 20.3 Å². The van der Waals surface area contributed by atoms with Crippen LogP contribution in [0.5, 0.6) is 0 Å². The van der Waals surface area contributed by atoms with E-state index in [1.54, 1.807) is 0 Å². The van der Waals surface area contributed by atoms with Crippen molar-refractivity contribution in [2.24, 2.45) is 0 Å². The van der Waals surface area contributed by atoms with Gasteiger partial charge < -0.3 is 38.3 Å². The van der Waals surface area contributed by atoms with Crippen LogP contribution in [0.2, 0.25) is 0 Å². The molecule has 0 unspecified atom stereocenters. The average Bonchev–Trinajstić information content (AvgIpc) is 4.04. The fourth-order valence-corrected chi connectivity index (χ4v) is 6.30. The summed E-state index contributed by atoms with van der Waals surface area (Å²) in [6, 6.07) is 0. The molecule has 4 aliphatic rings. The number of ether oxygens (including phenoxy) is 4. The van der Waals surface area contributed by atoms with Crippen LogP contribution < -0.4 is 0 Å². The highest BCUT2D eigenvalue weighted by atomic mass is 16.7. The number of amides is 7. The van der Waals surface area contributed by atoms with Gasteiger partial charge in [-0.1, -0.05) is 6.58 Å². The fraction of sp³-hybridized carbons (Fsp3) is 0.622. The number of rotatable bonds is 34. The molecule has 0 aromatic carbocycles. The molecule has 0 aromatic rings. The summed E-state index contributed by atoms with van der Waals surface area (Å²) in [5.74, 6) is -7.69. The lowest BCUT2D eigenvalue weighted by Gasteiger charge is -2.15. The molecule has 4 saturated heterocycles. The number of hydrogen-bond donors (Lipinski definition) is 0. The van der Waals surface area contributed by atoms with E-state index in [2.05, 4.69) is 6.58 Å². The summed E-state index contributed by atoms with van der Waals surface area (Å²) >= 11 is 0. The van der Waals surface area contributed by atoms with E-state index in [1.807, 2.05) is 0 Å². The molecule has 0 aliphatic carbocycles. The number of hydrogen-bond acceptors (Lipinski definition) is 23. The Hall–Kier alpha value is -6.97. The first kappa shape index (κ1) is 59.3. The molecule has 0 radical (unpaired) electrons. The molecule has 4 fully saturated rings. The average molecular weight is 1020 g/mol. The summed E-state index contributed by atoms with van der Waals surface area (Å²) in [4.78, 5) is 193. The Kier molecular flexibility index (Phi) is 26.4. The zero-order chi connectivity index (χ0) is 53.0. The quantitative estimate of drug-likeness (QED) is 0.0622. The second-order valence-corrected chi connectivity index (χ2v) is 16.1. The monoisotopic (exact) mass is 1020 g/mol. The summed E-state index contributed by atoms with van der Waals surface area (Å²) in [6.45, 7) is 3.16. The molecule has 27 nitrogen and oxygen atoms in total. The number of allylic oxidation sites excluding steroid dienone is 1. The lowest BCUT2D eigenvalue weighted by Crippen LogP contribution is -2.32. The zero-order valence-electron chi connectivity index (χ0n) is 39.7. The van der Waals surface area contributed by atoms with E-state index < -0.39 is 59.3 Å². The number of ketones is 4. The van der Waals surface area contributed by atoms with Crippen LogP contribution >= 0.6 is 0 Å². The predicted molar refractivity (Wildman–Crippen MR) is 232 cm³/mol. The minimum atomic E-state index is -0.779. The Morgan fingerprint density at radius 1 is 0.319 bits per heavy atom. The van der Waals surface area contributed by atoms with Crippen LogP contribution in [0.3, 0.4) is 0 Å². The smallest absolute Gasteiger partial charge is 0.333 e. The maximum absolute atomic E-state index is 11.8. The van der Waals surface area contributed by atoms with Gasteiger partial charge >= 0.3 is 23.9 Å². The van der Waals surface area contributed by atoms with Crippen LogP contribution in [-0.2, 0) is 110 Å². The summed E-state index contributed by atoms with van der Waals surface area (Å²) in [5.41, 5.74) is 0.428. The van der Waals surface area contributed by atoms with Crippen molar-refractivity contribution in [2.45, 2.75) is 128 Å². The molecule has 27 heteroatoms. The topological polar surface area (TPSA) is 343 Å². The molecule has 0 spiro atoms. The molecular formula is C45H58N4O23. The van der Waals surface area contributed by atoms with Gasteiger partial charge in [0, 0.05) is 96.3 Å². The Morgan fingerprint density at radius 3 is 0.750 bits per heavy atom. The third-order valence-corrected chi connectivity index (χ3v) is 10.1. The zero-order valence-corrected chi connectivity index (χ0v) is 39.7. The minimum absolute atomic E-state index is 0.00330. The first-order chi connectivity index (χ1) is 34.3. The van der Waals surface area contributed by atoms with E-state index in [4.69, 9.17) is 38.3 Å². The normalized spacial score (nSPS) is 15.6. The highest BCUT2D eigenvalue weighted by Crippen LogP contribution is 2.21. The van der Waals surface area contributed by atoms with Gasteiger partial charge in [-0.2, -0.15) is 0 Å². The van der Waals surface area contributed by atoms with Crippen molar-refractivity contribution < 1.29 is 110 Å². The molecule has 0 saturated carbocycles. The van der Waals surface area contributed by atoms with E-state index in [9.17, 15) is 71.9 Å². The van der Waals surface area contributed by atoms with Crippen LogP contribution in [0.4, 0.5) is 0 Å². The second-order valence-electron chi connectivity index (χ2n) is 16.1. The van der Waals surface area contributed by atoms with Crippen LogP contribution in [0.25, 0.3) is 0 Å². The van der Waals surface area contributed by atoms with Crippen molar-refractivity contribution in [1.82, 2.24) is 20.3 Å². The minimum Gasteiger partial charge on any atom is -0.371 e. The van der Waals surface area contributed by atoms with Gasteiger partial charge in [-0.3, -0.25) is 52.7 Å². The van der Waals surface area contributed by atoms with Gasteiger partial charge in [0.15, 0.2) is 23.1 Å². The first-order valence-electron chi connectivity index (χ1n) is 23.1. The molecule has 0 atom stereocenters. The standard InChI is InChI=1S/C23H30N2O11.C22H28N2O12/c1-16-8-9-19(28)24(16)35-22(31)6-2-4-17(26)14-33-12-13-34-15-18(27)5-3-7-23(32)36-25-20(29)10-11-21(25)30;25-15(3-1-5-21(31)35-23-17(27)7-8-18(23)28)13-33-11-12-34-14-16(26)4-2-6-22(32)36-24-19(29)9-10-20(24)30/h1-15H2;1-14H2. The van der Waals surface area contributed by atoms with Crippen LogP contribution in [0.15, 0.2) is 12.3 Å². The van der Waals surface area contributed by atoms with E-state index in [-0.39, 0.29) is 204 Å². The number of imide groups is 3. The fourth-order valence-electron chi connectivity index (χ4n) is 6.30. The van der Waals surface area contributed by atoms with Gasteiger partial charge in [-0.25, -0.2) is 19.2 Å². The van der Waals surface area contributed by atoms with Crippen molar-refractivity contribution in [3.8, 4) is 0 Å². The van der Waals surface area contributed by atoms with Crippen LogP contribution in [0, 0.1) is 0 Å². The van der Waals surface area contributed by atoms with Gasteiger partial charge in [0.05, 0.1) is 32.1 Å². The Morgan fingerprint density at radius 2 is 0.528 bits per heavy atom. The van der Waals surface area contributed by atoms with Gasteiger partial charge in [-0.05, 0) is 32.1 Å². The molecule has 4 rings (SSSR count). The molecule has 72 heavy (non-hydrogen) atoms. The van der Waals surface area contributed by atoms with Crippen molar-refractivity contribution >= 4 is 88.4 Å². The number of nitrogens with zero attached hydrogens (tertiary/aromatic N) is 4. The van der Waals surface area contributed by atoms with Crippen molar-refractivity contribution in [3.05, 3.63) is 12.3 Å². The maximum atomic E-state index is 11.8. The third kappa shape index (κ3) is 22.8. The highest BCUT2D eigenvalue weighted by Gasteiger charge is 2.35. The van der Waals surface area contributed by atoms with Crippen LogP contribution in [0.1, 0.15) is 128 Å². The summed E-state index contributed by atoms with van der Waals surface area (Å²) < 4.78 is 20.6. The molecular weight excluding hydrogens is 964 g/mol. The van der Waals surface area contributed by atoms with Crippen molar-refractivity contribution in [3.63, 3.8) is 0 Å². The lowest BCUT2D eigenvalue weighted by atomic mass is 10.2. The molecule has 0 bridgehead atoms. The Balaban J connectivity index is 0.000000380. The number of Topliss-reactive ketones (excluding diaryl/α,β-unsaturated/α-hetero) is 4. The number of carbonyl (C=O) groups excluding carboxylic acids is 15. The molecule has 0 N–H and O–H groups in total. The molecule has 7 amide bonds. The highest BCUT2D eigenvalue weighted by molar-refractivity contribution is 6.03. The molecule has 0 aromatic heterocycles. The number of carbonyl (C=O) groups is 15. The van der Waals surface area contributed by atoms with E-state index in [0.717, 1.165) is 5.06 Å². The summed E-state index contributed by atoms with van der Waals surface area (Å²) in [5, 5.41) is 2.26. The SMILES string of the molecule is C=C1CCC(=O)N1OC(=O)CCCC(=O)COCCOCC(=O)CCCC(=O)ON1C(=O)CCC1=O.O=C(CCCC(=O)ON1C(=O)CCC1=O)COCCOCC(=O)CCCC(=O)ON1C(=O)CCC1=O. The van der Waals surface area contributed by atoms with Gasteiger partial charge in [0.25, 0.3) is 41.4 Å². The number of hydroxylamine groups is 8. The summed E-state index contributed by atoms with van der Waals surface area (Å²) in [6.07, 6.45) is 1.30. The van der Waals surface area contributed by atoms with Gasteiger partial charge in [0.1, 0.15) is 26.4 Å². The third-order valence-electron chi connectivity index (χ3n) is 10.1. The largest absolute Gasteiger partial charge is 0.371 e. The van der Waals surface area contributed by atoms with Gasteiger partial charge in [0.2, 0.25) is 0 Å². The van der Waals surface area contributed by atoms with E-state index in [0.29, 0.717) is 27.3 Å². The first-order valence-corrected chi connectivity index (χ1v) is 23.1. The Bertz CT molecular complexity index is 1730. The van der Waals surface area contributed by atoms with Crippen LogP contribution in [-0.4, -0.2) is 161 Å². The van der Waals surface area contributed by atoms with Crippen molar-refractivity contribution in [1.29, 1.82) is 0 Å². The predicted octanol–water partition coefficient (Wildman–Crippen LogP) is 0.413. The van der Waals surface area contributed by atoms with E-state index in [1.165, 1.54) is 0 Å². The Labute approximate surface area is 411 Å². The van der Waals surface area contributed by atoms with Crippen molar-refractivity contribution in [2.75, 3.05) is 52.9 Å². The van der Waals surface area contributed by atoms with E-state index >= 15 is 0 Å². The maximum Gasteiger partial charge on any atom is 0.333 e. The molecule has 4 aliphatic heterocycles.